The van der Waals surface area contributed by atoms with E-state index in [0.717, 1.165) is 43.0 Å². The second-order valence-corrected chi connectivity index (χ2v) is 3.69. The highest BCUT2D eigenvalue weighted by Crippen LogP contribution is 2.09. The highest BCUT2D eigenvalue weighted by atomic mass is 16.5. The number of nitrogens with zero attached hydrogens (tertiary/aromatic N) is 1. The van der Waals surface area contributed by atoms with Crippen LogP contribution in [-0.4, -0.2) is 36.8 Å². The van der Waals surface area contributed by atoms with Crippen molar-refractivity contribution in [2.45, 2.75) is 6.42 Å². The Hall–Kier alpha value is -1.39. The Kier molecular flexibility index (Phi) is 3.91. The van der Waals surface area contributed by atoms with Crippen molar-refractivity contribution in [3.05, 3.63) is 30.1 Å². The van der Waals surface area contributed by atoms with Crippen LogP contribution in [0.5, 0.6) is 0 Å². The highest BCUT2D eigenvalue weighted by Gasteiger charge is 2.00. The van der Waals surface area contributed by atoms with Crippen molar-refractivity contribution in [3.8, 4) is 0 Å². The molecular weight excluding hydrogens is 202 g/mol. The zero-order chi connectivity index (χ0) is 11.2. The molecule has 0 saturated heterocycles. The van der Waals surface area contributed by atoms with Gasteiger partial charge in [-0.2, -0.15) is 0 Å². The molecular formula is C12H17N3O. The van der Waals surface area contributed by atoms with E-state index in [0.29, 0.717) is 0 Å². The predicted octanol–water partition coefficient (Wildman–Crippen LogP) is 1.34. The van der Waals surface area contributed by atoms with Crippen molar-refractivity contribution in [1.82, 2.24) is 15.3 Å². The van der Waals surface area contributed by atoms with Crippen LogP contribution in [0, 0.1) is 0 Å². The van der Waals surface area contributed by atoms with Gasteiger partial charge in [-0.3, -0.25) is 0 Å². The van der Waals surface area contributed by atoms with E-state index in [1.54, 1.807) is 7.11 Å². The van der Waals surface area contributed by atoms with E-state index in [4.69, 9.17) is 4.74 Å². The number of H-pyrrole nitrogens is 1. The summed E-state index contributed by atoms with van der Waals surface area (Å²) >= 11 is 0. The number of imidazole rings is 1. The maximum Gasteiger partial charge on any atom is 0.108 e. The number of nitrogens with one attached hydrogen (secondary N) is 2. The summed E-state index contributed by atoms with van der Waals surface area (Å²) in [5, 5.41) is 3.29. The van der Waals surface area contributed by atoms with Gasteiger partial charge in [-0.05, 0) is 12.1 Å². The van der Waals surface area contributed by atoms with Crippen LogP contribution in [0.25, 0.3) is 11.0 Å². The summed E-state index contributed by atoms with van der Waals surface area (Å²) in [7, 11) is 1.71. The van der Waals surface area contributed by atoms with Crippen molar-refractivity contribution in [2.75, 3.05) is 26.8 Å². The van der Waals surface area contributed by atoms with Gasteiger partial charge in [-0.15, -0.1) is 0 Å². The van der Waals surface area contributed by atoms with Gasteiger partial charge in [0.15, 0.2) is 0 Å². The summed E-state index contributed by atoms with van der Waals surface area (Å²) in [5.41, 5.74) is 2.14. The van der Waals surface area contributed by atoms with Crippen LogP contribution in [-0.2, 0) is 11.2 Å². The number of rotatable bonds is 6. The Balaban J connectivity index is 1.85. The fourth-order valence-electron chi connectivity index (χ4n) is 1.63. The third-order valence-corrected chi connectivity index (χ3v) is 2.46. The van der Waals surface area contributed by atoms with Gasteiger partial charge in [0, 0.05) is 26.6 Å². The second-order valence-electron chi connectivity index (χ2n) is 3.69. The third-order valence-electron chi connectivity index (χ3n) is 2.46. The van der Waals surface area contributed by atoms with E-state index in [9.17, 15) is 0 Å². The molecule has 1 heterocycles. The topological polar surface area (TPSA) is 49.9 Å². The van der Waals surface area contributed by atoms with Crippen LogP contribution >= 0.6 is 0 Å². The monoisotopic (exact) mass is 219 g/mol. The molecule has 0 fully saturated rings. The van der Waals surface area contributed by atoms with E-state index in [1.165, 1.54) is 0 Å². The van der Waals surface area contributed by atoms with Crippen molar-refractivity contribution < 1.29 is 4.74 Å². The number of hydrogen-bond acceptors (Lipinski definition) is 3. The van der Waals surface area contributed by atoms with Crippen molar-refractivity contribution in [3.63, 3.8) is 0 Å². The summed E-state index contributed by atoms with van der Waals surface area (Å²) in [6.07, 6.45) is 0.915. The minimum absolute atomic E-state index is 0.750. The largest absolute Gasteiger partial charge is 0.383 e. The number of hydrogen-bond donors (Lipinski definition) is 2. The Morgan fingerprint density at radius 1 is 1.31 bits per heavy atom. The van der Waals surface area contributed by atoms with E-state index < -0.39 is 0 Å². The van der Waals surface area contributed by atoms with Gasteiger partial charge in [0.1, 0.15) is 5.82 Å². The normalized spacial score (nSPS) is 11.1. The molecule has 2 aromatic rings. The zero-order valence-corrected chi connectivity index (χ0v) is 9.49. The number of aromatic nitrogens is 2. The molecule has 1 aromatic heterocycles. The fraction of sp³-hybridized carbons (Fsp3) is 0.417. The summed E-state index contributed by atoms with van der Waals surface area (Å²) in [6, 6.07) is 8.09. The first-order valence-corrected chi connectivity index (χ1v) is 5.53. The van der Waals surface area contributed by atoms with E-state index >= 15 is 0 Å². The molecule has 0 aliphatic heterocycles. The number of benzene rings is 1. The standard InChI is InChI=1S/C12H17N3O/c1-16-9-8-13-7-6-12-14-10-4-2-3-5-11(10)15-12/h2-5,13H,6-9H2,1H3,(H,14,15). The average Bonchev–Trinajstić information content (AvgIpc) is 2.71. The number of methoxy groups -OCH3 is 1. The number of aromatic amines is 1. The Labute approximate surface area is 95.0 Å². The molecule has 4 heteroatoms. The first-order valence-electron chi connectivity index (χ1n) is 5.53. The summed E-state index contributed by atoms with van der Waals surface area (Å²) < 4.78 is 4.96. The molecule has 2 N–H and O–H groups in total. The third kappa shape index (κ3) is 2.81. The van der Waals surface area contributed by atoms with Crippen LogP contribution < -0.4 is 5.32 Å². The Morgan fingerprint density at radius 2 is 2.19 bits per heavy atom. The summed E-state index contributed by atoms with van der Waals surface area (Å²) in [5.74, 6) is 1.03. The first kappa shape index (κ1) is 11.1. The molecule has 0 aliphatic rings. The minimum atomic E-state index is 0.750. The van der Waals surface area contributed by atoms with Gasteiger partial charge in [0.25, 0.3) is 0 Å². The molecule has 0 radical (unpaired) electrons. The maximum absolute atomic E-state index is 4.96. The van der Waals surface area contributed by atoms with Gasteiger partial charge in [-0.1, -0.05) is 12.1 Å². The number of fused-ring (bicyclic) bond motifs is 1. The average molecular weight is 219 g/mol. The molecule has 0 atom stereocenters. The molecule has 0 saturated carbocycles. The van der Waals surface area contributed by atoms with Crippen LogP contribution in [0.1, 0.15) is 5.82 Å². The quantitative estimate of drug-likeness (QED) is 0.721. The molecule has 0 unspecified atom stereocenters. The van der Waals surface area contributed by atoms with Crippen molar-refractivity contribution >= 4 is 11.0 Å². The van der Waals surface area contributed by atoms with E-state index in [1.807, 2.05) is 24.3 Å². The Morgan fingerprint density at radius 3 is 3.00 bits per heavy atom. The van der Waals surface area contributed by atoms with Gasteiger partial charge in [0.05, 0.1) is 17.6 Å². The molecule has 0 aliphatic carbocycles. The minimum Gasteiger partial charge on any atom is -0.383 e. The lowest BCUT2D eigenvalue weighted by molar-refractivity contribution is 0.199. The molecule has 16 heavy (non-hydrogen) atoms. The fourth-order valence-corrected chi connectivity index (χ4v) is 1.63. The predicted molar refractivity (Wildman–Crippen MR) is 64.5 cm³/mol. The van der Waals surface area contributed by atoms with Crippen LogP contribution in [0.3, 0.4) is 0 Å². The number of para-hydroxylation sites is 2. The van der Waals surface area contributed by atoms with Crippen LogP contribution in [0.15, 0.2) is 24.3 Å². The SMILES string of the molecule is COCCNCCc1nc2ccccc2[nH]1. The van der Waals surface area contributed by atoms with Crippen LogP contribution in [0.2, 0.25) is 0 Å². The molecule has 0 amide bonds. The lowest BCUT2D eigenvalue weighted by atomic mass is 10.3. The van der Waals surface area contributed by atoms with Crippen molar-refractivity contribution in [2.24, 2.45) is 0 Å². The second kappa shape index (κ2) is 5.63. The molecule has 4 nitrogen and oxygen atoms in total. The van der Waals surface area contributed by atoms with Crippen LogP contribution in [0.4, 0.5) is 0 Å². The molecule has 0 bridgehead atoms. The molecule has 1 aromatic carbocycles. The van der Waals surface area contributed by atoms with Gasteiger partial charge in [-0.25, -0.2) is 4.98 Å². The molecule has 2 rings (SSSR count). The Bertz CT molecular complexity index is 406. The van der Waals surface area contributed by atoms with Crippen molar-refractivity contribution in [1.29, 1.82) is 0 Å². The summed E-state index contributed by atoms with van der Waals surface area (Å²) in [4.78, 5) is 7.81. The van der Waals surface area contributed by atoms with Gasteiger partial charge >= 0.3 is 0 Å². The number of ether oxygens (including phenoxy) is 1. The molecule has 86 valence electrons. The first-order chi connectivity index (χ1) is 7.90. The lowest BCUT2D eigenvalue weighted by Crippen LogP contribution is -2.22. The lowest BCUT2D eigenvalue weighted by Gasteiger charge is -2.01. The van der Waals surface area contributed by atoms with Gasteiger partial charge in [0.2, 0.25) is 0 Å². The smallest absolute Gasteiger partial charge is 0.108 e. The highest BCUT2D eigenvalue weighted by molar-refractivity contribution is 5.74. The van der Waals surface area contributed by atoms with E-state index in [-0.39, 0.29) is 0 Å². The van der Waals surface area contributed by atoms with E-state index in [2.05, 4.69) is 15.3 Å². The molecule has 0 spiro atoms. The van der Waals surface area contributed by atoms with Gasteiger partial charge < -0.3 is 15.0 Å². The summed E-state index contributed by atoms with van der Waals surface area (Å²) in [6.45, 7) is 2.56. The maximum atomic E-state index is 4.96. The zero-order valence-electron chi connectivity index (χ0n) is 9.49.